The fourth-order valence-corrected chi connectivity index (χ4v) is 6.55. The van der Waals surface area contributed by atoms with Crippen LogP contribution in [0.3, 0.4) is 0 Å². The molecule has 6 aromatic rings. The summed E-state index contributed by atoms with van der Waals surface area (Å²) in [6.07, 6.45) is 1.62. The first-order valence-electron chi connectivity index (χ1n) is 16.7. The molecule has 0 radical (unpaired) electrons. The van der Waals surface area contributed by atoms with Crippen molar-refractivity contribution in [1.29, 1.82) is 0 Å². The Kier molecular flexibility index (Phi) is 9.80. The molecule has 1 saturated heterocycles. The van der Waals surface area contributed by atoms with E-state index in [0.29, 0.717) is 12.8 Å². The lowest BCUT2D eigenvalue weighted by atomic mass is 9.91. The van der Waals surface area contributed by atoms with Crippen molar-refractivity contribution in [2.75, 3.05) is 13.1 Å². The third-order valence-electron chi connectivity index (χ3n) is 9.15. The van der Waals surface area contributed by atoms with Gasteiger partial charge in [-0.2, -0.15) is 0 Å². The van der Waals surface area contributed by atoms with Crippen LogP contribution in [0.15, 0.2) is 134 Å². The van der Waals surface area contributed by atoms with E-state index in [0.717, 1.165) is 44.1 Å². The molecule has 7 rings (SSSR count). The molecule has 0 spiro atoms. The summed E-state index contributed by atoms with van der Waals surface area (Å²) in [6.45, 7) is 0.0625. The van der Waals surface area contributed by atoms with Crippen LogP contribution in [0, 0.1) is 23.7 Å². The molecule has 0 unspecified atom stereocenters. The van der Waals surface area contributed by atoms with Crippen LogP contribution >= 0.6 is 0 Å². The third-order valence-corrected chi connectivity index (χ3v) is 9.15. The number of carbonyl (C=O) groups is 1. The molecule has 0 bridgehead atoms. The zero-order valence-corrected chi connectivity index (χ0v) is 27.4. The number of aromatic nitrogens is 2. The number of amides is 2. The highest BCUT2D eigenvalue weighted by Crippen LogP contribution is 2.27. The van der Waals surface area contributed by atoms with Gasteiger partial charge in [0.1, 0.15) is 12.2 Å². The van der Waals surface area contributed by atoms with E-state index >= 15 is 0 Å². The van der Waals surface area contributed by atoms with Crippen LogP contribution in [0.2, 0.25) is 0 Å². The van der Waals surface area contributed by atoms with Crippen molar-refractivity contribution in [3.05, 3.63) is 156 Å². The number of benzene rings is 4. The normalized spacial score (nSPS) is 19.0. The second kappa shape index (κ2) is 15.1. The van der Waals surface area contributed by atoms with Crippen LogP contribution in [-0.4, -0.2) is 73.4 Å². The fourth-order valence-electron chi connectivity index (χ4n) is 6.55. The number of fused-ring (bicyclic) bond motifs is 2. The average molecular weight is 657 g/mol. The summed E-state index contributed by atoms with van der Waals surface area (Å²) in [5, 5.41) is 25.7. The number of carbonyl (C=O) groups excluding carboxylic acids is 1. The Hall–Kier alpha value is -5.99. The largest absolute Gasteiger partial charge is 0.388 e. The molecule has 0 saturated carbocycles. The zero-order valence-electron chi connectivity index (χ0n) is 27.4. The number of hydrogen-bond donors (Lipinski definition) is 2. The third kappa shape index (κ3) is 7.36. The SMILES string of the molecule is O=C1N(CC#Cc2cnc3ccccc3c2)[C@H](Cc2ccccc2)[C@H](O)[C@@H](O)[C@@H](Cc2ccccc2)N1CC#Cc1cnc2ccccc2c1. The maximum absolute atomic E-state index is 14.7. The zero-order chi connectivity index (χ0) is 34.3. The summed E-state index contributed by atoms with van der Waals surface area (Å²) in [7, 11) is 0. The van der Waals surface area contributed by atoms with E-state index < -0.39 is 24.3 Å². The van der Waals surface area contributed by atoms with Crippen LogP contribution < -0.4 is 0 Å². The van der Waals surface area contributed by atoms with Crippen molar-refractivity contribution in [3.63, 3.8) is 0 Å². The molecular formula is C43H36N4O3. The van der Waals surface area contributed by atoms with Crippen LogP contribution in [0.5, 0.6) is 0 Å². The van der Waals surface area contributed by atoms with E-state index in [1.807, 2.05) is 121 Å². The second-order valence-corrected chi connectivity index (χ2v) is 12.5. The van der Waals surface area contributed by atoms with Gasteiger partial charge in [0.2, 0.25) is 0 Å². The highest BCUT2D eigenvalue weighted by Gasteiger charge is 2.46. The lowest BCUT2D eigenvalue weighted by Crippen LogP contribution is -2.51. The topological polar surface area (TPSA) is 89.8 Å². The second-order valence-electron chi connectivity index (χ2n) is 12.5. The molecule has 4 aromatic carbocycles. The molecule has 246 valence electrons. The highest BCUT2D eigenvalue weighted by molar-refractivity contribution is 5.80. The minimum absolute atomic E-state index is 0.0313. The summed E-state index contributed by atoms with van der Waals surface area (Å²) in [5.74, 6) is 12.7. The van der Waals surface area contributed by atoms with E-state index in [1.165, 1.54) is 0 Å². The van der Waals surface area contributed by atoms with Crippen LogP contribution in [0.25, 0.3) is 21.8 Å². The van der Waals surface area contributed by atoms with E-state index in [-0.39, 0.29) is 19.1 Å². The number of aliphatic hydroxyl groups is 2. The number of para-hydroxylation sites is 2. The van der Waals surface area contributed by atoms with Gasteiger partial charge in [-0.3, -0.25) is 9.97 Å². The highest BCUT2D eigenvalue weighted by atomic mass is 16.3. The van der Waals surface area contributed by atoms with E-state index in [2.05, 4.69) is 33.6 Å². The maximum atomic E-state index is 14.7. The minimum atomic E-state index is -1.25. The van der Waals surface area contributed by atoms with Crippen LogP contribution in [-0.2, 0) is 12.8 Å². The fraction of sp³-hybridized carbons (Fsp3) is 0.186. The first kappa shape index (κ1) is 32.6. The number of hydrogen-bond acceptors (Lipinski definition) is 5. The summed E-state index contributed by atoms with van der Waals surface area (Å²) in [5.41, 5.74) is 5.07. The summed E-state index contributed by atoms with van der Waals surface area (Å²) >= 11 is 0. The molecule has 7 nitrogen and oxygen atoms in total. The van der Waals surface area contributed by atoms with Gasteiger partial charge in [-0.25, -0.2) is 4.79 Å². The summed E-state index contributed by atoms with van der Waals surface area (Å²) in [4.78, 5) is 27.0. The van der Waals surface area contributed by atoms with Gasteiger partial charge < -0.3 is 20.0 Å². The van der Waals surface area contributed by atoms with Crippen molar-refractivity contribution < 1.29 is 15.0 Å². The first-order valence-corrected chi connectivity index (χ1v) is 16.7. The molecule has 1 aliphatic rings. The minimum Gasteiger partial charge on any atom is -0.388 e. The molecule has 2 amide bonds. The van der Waals surface area contributed by atoms with Gasteiger partial charge >= 0.3 is 6.03 Å². The molecule has 0 aliphatic carbocycles. The Balaban J connectivity index is 1.25. The van der Waals surface area contributed by atoms with Crippen molar-refractivity contribution in [2.24, 2.45) is 0 Å². The molecule has 4 atom stereocenters. The lowest BCUT2D eigenvalue weighted by molar-refractivity contribution is -0.0374. The van der Waals surface area contributed by atoms with E-state index in [4.69, 9.17) is 0 Å². The first-order chi connectivity index (χ1) is 24.5. The standard InChI is InChI=1S/C43H36N4O3/c48-41-39(27-31-13-3-1-4-14-31)46(23-11-17-33-25-35-19-7-9-21-37(35)44-29-33)43(50)47(40(42(41)49)28-32-15-5-2-6-16-32)24-12-18-34-26-36-20-8-10-22-38(36)45-30-34/h1-10,13-16,19-22,25-26,29-30,39-42,48-49H,23-24,27-28H2/t39-,40-,41+,42+/m1/s1. The molecule has 2 N–H and O–H groups in total. The Labute approximate surface area is 291 Å². The molecule has 1 aliphatic heterocycles. The molecule has 2 aromatic heterocycles. The Morgan fingerprint density at radius 2 is 0.960 bits per heavy atom. The number of rotatable bonds is 6. The Morgan fingerprint density at radius 1 is 0.560 bits per heavy atom. The van der Waals surface area contributed by atoms with Gasteiger partial charge in [0, 0.05) is 34.3 Å². The predicted octanol–water partition coefficient (Wildman–Crippen LogP) is 5.87. The number of nitrogens with zero attached hydrogens (tertiary/aromatic N) is 4. The maximum Gasteiger partial charge on any atom is 0.322 e. The smallest absolute Gasteiger partial charge is 0.322 e. The van der Waals surface area contributed by atoms with Gasteiger partial charge in [-0.15, -0.1) is 0 Å². The van der Waals surface area contributed by atoms with Crippen molar-refractivity contribution in [2.45, 2.75) is 37.1 Å². The molecule has 3 heterocycles. The number of pyridine rings is 2. The van der Waals surface area contributed by atoms with Gasteiger partial charge in [0.25, 0.3) is 0 Å². The van der Waals surface area contributed by atoms with Gasteiger partial charge in [-0.05, 0) is 48.2 Å². The molecule has 1 fully saturated rings. The summed E-state index contributed by atoms with van der Waals surface area (Å²) < 4.78 is 0. The predicted molar refractivity (Wildman–Crippen MR) is 196 cm³/mol. The molecule has 50 heavy (non-hydrogen) atoms. The van der Waals surface area contributed by atoms with Crippen molar-refractivity contribution in [1.82, 2.24) is 19.8 Å². The Bertz CT molecular complexity index is 2080. The van der Waals surface area contributed by atoms with Gasteiger partial charge in [0.15, 0.2) is 0 Å². The van der Waals surface area contributed by atoms with Gasteiger partial charge in [-0.1, -0.05) is 121 Å². The molecular weight excluding hydrogens is 620 g/mol. The van der Waals surface area contributed by atoms with E-state index in [9.17, 15) is 15.0 Å². The number of aliphatic hydroxyl groups excluding tert-OH is 2. The van der Waals surface area contributed by atoms with Gasteiger partial charge in [0.05, 0.1) is 36.2 Å². The van der Waals surface area contributed by atoms with Crippen LogP contribution in [0.4, 0.5) is 4.79 Å². The van der Waals surface area contributed by atoms with Crippen molar-refractivity contribution >= 4 is 27.8 Å². The average Bonchev–Trinajstić information content (AvgIpc) is 3.22. The quantitative estimate of drug-likeness (QED) is 0.219. The molecule has 7 heteroatoms. The lowest BCUT2D eigenvalue weighted by Gasteiger charge is -2.33. The van der Waals surface area contributed by atoms with Crippen LogP contribution in [0.1, 0.15) is 22.3 Å². The Morgan fingerprint density at radius 3 is 1.40 bits per heavy atom. The van der Waals surface area contributed by atoms with Crippen molar-refractivity contribution in [3.8, 4) is 23.7 Å². The number of urea groups is 1. The van der Waals surface area contributed by atoms with E-state index in [1.54, 1.807) is 22.2 Å². The monoisotopic (exact) mass is 656 g/mol. The summed E-state index contributed by atoms with van der Waals surface area (Å²) in [6, 6.07) is 37.2.